The van der Waals surface area contributed by atoms with Crippen LogP contribution < -0.4 is 5.32 Å². The highest BCUT2D eigenvalue weighted by Crippen LogP contribution is 2.06. The van der Waals surface area contributed by atoms with Gasteiger partial charge in [0, 0.05) is 39.0 Å². The Labute approximate surface area is 104 Å². The molecule has 0 saturated heterocycles. The fourth-order valence-electron chi connectivity index (χ4n) is 2.07. The second-order valence-corrected chi connectivity index (χ2v) is 4.38. The van der Waals surface area contributed by atoms with Crippen LogP contribution in [-0.4, -0.2) is 42.8 Å². The van der Waals surface area contributed by atoms with Crippen LogP contribution in [0.2, 0.25) is 0 Å². The van der Waals surface area contributed by atoms with Gasteiger partial charge in [0.15, 0.2) is 0 Å². The van der Waals surface area contributed by atoms with Gasteiger partial charge in [-0.15, -0.1) is 0 Å². The lowest BCUT2D eigenvalue weighted by molar-refractivity contribution is -0.130. The molecule has 1 rings (SSSR count). The lowest BCUT2D eigenvalue weighted by atomic mass is 10.2. The Balaban J connectivity index is 2.22. The van der Waals surface area contributed by atoms with Gasteiger partial charge in [-0.25, -0.2) is 0 Å². The Bertz CT molecular complexity index is 259. The summed E-state index contributed by atoms with van der Waals surface area (Å²) in [4.78, 5) is 18.1. The third-order valence-electron chi connectivity index (χ3n) is 3.16. The van der Waals surface area contributed by atoms with Crippen molar-refractivity contribution < 1.29 is 4.79 Å². The number of hydrogen-bond acceptors (Lipinski definition) is 3. The maximum Gasteiger partial charge on any atom is 0.224 e. The molecule has 4 heteroatoms. The Kier molecular flexibility index (Phi) is 6.67. The van der Waals surface area contributed by atoms with Gasteiger partial charge < -0.3 is 10.2 Å². The van der Waals surface area contributed by atoms with Crippen LogP contribution in [-0.2, 0) is 4.79 Å². The minimum absolute atomic E-state index is 0.233. The first kappa shape index (κ1) is 14.0. The molecule has 1 aliphatic rings. The number of carbonyl (C=O) groups is 1. The molecule has 4 nitrogen and oxygen atoms in total. The molecule has 0 atom stereocenters. The van der Waals surface area contributed by atoms with Gasteiger partial charge in [0.2, 0.25) is 5.91 Å². The van der Waals surface area contributed by atoms with E-state index in [1.54, 1.807) is 0 Å². The SMILES string of the molecule is CCN(CC)C(=O)CCNC1=NCCCCC1. The molecular weight excluding hydrogens is 214 g/mol. The first-order valence-electron chi connectivity index (χ1n) is 6.82. The molecule has 0 radical (unpaired) electrons. The van der Waals surface area contributed by atoms with Gasteiger partial charge in [-0.05, 0) is 26.7 Å². The van der Waals surface area contributed by atoms with Gasteiger partial charge in [0.05, 0.1) is 5.84 Å². The predicted molar refractivity (Wildman–Crippen MR) is 71.3 cm³/mol. The first-order valence-corrected chi connectivity index (χ1v) is 6.82. The van der Waals surface area contributed by atoms with Crippen LogP contribution in [0.3, 0.4) is 0 Å². The molecule has 0 aromatic heterocycles. The van der Waals surface area contributed by atoms with Crippen molar-refractivity contribution >= 4 is 11.7 Å². The molecule has 0 bridgehead atoms. The molecule has 0 unspecified atom stereocenters. The zero-order valence-electron chi connectivity index (χ0n) is 11.2. The molecule has 0 aromatic carbocycles. The van der Waals surface area contributed by atoms with E-state index in [1.165, 1.54) is 19.3 Å². The molecular formula is C13H25N3O. The van der Waals surface area contributed by atoms with Crippen LogP contribution in [0.1, 0.15) is 46.0 Å². The van der Waals surface area contributed by atoms with Gasteiger partial charge in [-0.2, -0.15) is 0 Å². The molecule has 1 aliphatic heterocycles. The minimum Gasteiger partial charge on any atom is -0.373 e. The molecule has 17 heavy (non-hydrogen) atoms. The van der Waals surface area contributed by atoms with Gasteiger partial charge in [-0.3, -0.25) is 9.79 Å². The summed E-state index contributed by atoms with van der Waals surface area (Å²) in [6.07, 6.45) is 5.30. The van der Waals surface area contributed by atoms with Gasteiger partial charge in [0.25, 0.3) is 0 Å². The second kappa shape index (κ2) is 8.09. The zero-order valence-corrected chi connectivity index (χ0v) is 11.2. The fraction of sp³-hybridized carbons (Fsp3) is 0.846. The van der Waals surface area contributed by atoms with Crippen molar-refractivity contribution in [3.8, 4) is 0 Å². The monoisotopic (exact) mass is 239 g/mol. The number of carbonyl (C=O) groups excluding carboxylic acids is 1. The largest absolute Gasteiger partial charge is 0.373 e. The number of rotatable bonds is 5. The van der Waals surface area contributed by atoms with Crippen LogP contribution in [0.4, 0.5) is 0 Å². The maximum atomic E-state index is 11.8. The minimum atomic E-state index is 0.233. The van der Waals surface area contributed by atoms with Crippen molar-refractivity contribution in [3.05, 3.63) is 0 Å². The number of amides is 1. The van der Waals surface area contributed by atoms with E-state index >= 15 is 0 Å². The Morgan fingerprint density at radius 3 is 2.76 bits per heavy atom. The molecule has 0 saturated carbocycles. The van der Waals surface area contributed by atoms with Crippen molar-refractivity contribution in [2.24, 2.45) is 4.99 Å². The quantitative estimate of drug-likeness (QED) is 0.795. The Morgan fingerprint density at radius 2 is 2.06 bits per heavy atom. The van der Waals surface area contributed by atoms with Crippen molar-refractivity contribution in [3.63, 3.8) is 0 Å². The van der Waals surface area contributed by atoms with Crippen LogP contribution in [0.15, 0.2) is 4.99 Å². The van der Waals surface area contributed by atoms with Gasteiger partial charge in [-0.1, -0.05) is 6.42 Å². The van der Waals surface area contributed by atoms with Crippen LogP contribution in [0, 0.1) is 0 Å². The summed E-state index contributed by atoms with van der Waals surface area (Å²) in [5.41, 5.74) is 0. The number of aliphatic imine (C=N–C) groups is 1. The molecule has 0 aromatic rings. The molecule has 1 amide bonds. The predicted octanol–water partition coefficient (Wildman–Crippen LogP) is 1.81. The highest BCUT2D eigenvalue weighted by Gasteiger charge is 2.09. The summed E-state index contributed by atoms with van der Waals surface area (Å²) < 4.78 is 0. The van der Waals surface area contributed by atoms with E-state index in [1.807, 2.05) is 18.7 Å². The summed E-state index contributed by atoms with van der Waals surface area (Å²) in [5.74, 6) is 1.33. The number of hydrogen-bond donors (Lipinski definition) is 1. The average Bonchev–Trinajstić information content (AvgIpc) is 2.59. The maximum absolute atomic E-state index is 11.8. The van der Waals surface area contributed by atoms with E-state index in [9.17, 15) is 4.79 Å². The summed E-state index contributed by atoms with van der Waals surface area (Å²) >= 11 is 0. The van der Waals surface area contributed by atoms with Crippen molar-refractivity contribution in [1.29, 1.82) is 0 Å². The van der Waals surface area contributed by atoms with Crippen LogP contribution >= 0.6 is 0 Å². The van der Waals surface area contributed by atoms with Crippen LogP contribution in [0.5, 0.6) is 0 Å². The molecule has 98 valence electrons. The lowest BCUT2D eigenvalue weighted by Crippen LogP contribution is -2.34. The van der Waals surface area contributed by atoms with E-state index in [0.29, 0.717) is 13.0 Å². The summed E-state index contributed by atoms with van der Waals surface area (Å²) in [5, 5.41) is 3.30. The highest BCUT2D eigenvalue weighted by molar-refractivity contribution is 5.83. The average molecular weight is 239 g/mol. The normalized spacial score (nSPS) is 16.0. The van der Waals surface area contributed by atoms with Gasteiger partial charge >= 0.3 is 0 Å². The van der Waals surface area contributed by atoms with E-state index in [-0.39, 0.29) is 5.91 Å². The highest BCUT2D eigenvalue weighted by atomic mass is 16.2. The first-order chi connectivity index (χ1) is 8.27. The fourth-order valence-corrected chi connectivity index (χ4v) is 2.07. The molecule has 0 aliphatic carbocycles. The summed E-state index contributed by atoms with van der Waals surface area (Å²) in [6.45, 7) is 7.29. The van der Waals surface area contributed by atoms with Crippen molar-refractivity contribution in [2.45, 2.75) is 46.0 Å². The third-order valence-corrected chi connectivity index (χ3v) is 3.16. The second-order valence-electron chi connectivity index (χ2n) is 4.38. The van der Waals surface area contributed by atoms with Crippen molar-refractivity contribution in [1.82, 2.24) is 10.2 Å². The molecule has 1 heterocycles. The van der Waals surface area contributed by atoms with E-state index in [0.717, 1.165) is 31.9 Å². The zero-order chi connectivity index (χ0) is 12.5. The van der Waals surface area contributed by atoms with E-state index < -0.39 is 0 Å². The van der Waals surface area contributed by atoms with E-state index in [2.05, 4.69) is 10.3 Å². The standard InChI is InChI=1S/C13H25N3O/c1-3-16(4-2)13(17)9-11-15-12-8-6-5-7-10-14-12/h3-11H2,1-2H3,(H,14,15). The topological polar surface area (TPSA) is 44.7 Å². The third kappa shape index (κ3) is 5.20. The number of amidine groups is 1. The summed E-state index contributed by atoms with van der Waals surface area (Å²) in [6, 6.07) is 0. The molecule has 1 N–H and O–H groups in total. The molecule has 0 fully saturated rings. The smallest absolute Gasteiger partial charge is 0.224 e. The Hall–Kier alpha value is -1.06. The van der Waals surface area contributed by atoms with Gasteiger partial charge in [0.1, 0.15) is 0 Å². The molecule has 0 spiro atoms. The van der Waals surface area contributed by atoms with Crippen molar-refractivity contribution in [2.75, 3.05) is 26.2 Å². The Morgan fingerprint density at radius 1 is 1.29 bits per heavy atom. The number of nitrogens with one attached hydrogen (secondary N) is 1. The van der Waals surface area contributed by atoms with E-state index in [4.69, 9.17) is 0 Å². The summed E-state index contributed by atoms with van der Waals surface area (Å²) in [7, 11) is 0. The lowest BCUT2D eigenvalue weighted by Gasteiger charge is -2.18. The number of nitrogens with zero attached hydrogens (tertiary/aromatic N) is 2. The van der Waals surface area contributed by atoms with Crippen LogP contribution in [0.25, 0.3) is 0 Å².